The number of rotatable bonds is 4. The summed E-state index contributed by atoms with van der Waals surface area (Å²) in [5.74, 6) is -0.377. The first-order valence-corrected chi connectivity index (χ1v) is 8.86. The molecule has 1 aliphatic heterocycles. The van der Waals surface area contributed by atoms with E-state index in [1.807, 2.05) is 45.0 Å². The molecule has 0 saturated carbocycles. The van der Waals surface area contributed by atoms with E-state index in [0.717, 1.165) is 12.0 Å². The second kappa shape index (κ2) is 8.32. The van der Waals surface area contributed by atoms with Gasteiger partial charge in [-0.15, -0.1) is 0 Å². The minimum absolute atomic E-state index is 0.0191. The molecule has 2 rings (SSSR count). The van der Waals surface area contributed by atoms with Gasteiger partial charge in [-0.1, -0.05) is 23.7 Å². The summed E-state index contributed by atoms with van der Waals surface area (Å²) < 4.78 is 11.4. The average Bonchev–Trinajstić information content (AvgIpc) is 2.70. The molecule has 1 heterocycles. The van der Waals surface area contributed by atoms with Crippen LogP contribution in [0.5, 0.6) is 0 Å². The molecule has 0 amide bonds. The first-order chi connectivity index (χ1) is 11.3. The third-order valence-corrected chi connectivity index (χ3v) is 4.49. The van der Waals surface area contributed by atoms with E-state index in [9.17, 15) is 9.90 Å². The van der Waals surface area contributed by atoms with E-state index in [0.29, 0.717) is 24.5 Å². The molecule has 1 aliphatic rings. The van der Waals surface area contributed by atoms with Gasteiger partial charge in [-0.3, -0.25) is 4.79 Å². The van der Waals surface area contributed by atoms with Crippen LogP contribution in [0.3, 0.4) is 0 Å². The molecule has 0 aromatic heterocycles. The number of ether oxygens (including phenoxy) is 2. The molecule has 0 bridgehead atoms. The number of carbonyl (C=O) groups excluding carboxylic acids is 1. The quantitative estimate of drug-likeness (QED) is 0.839. The maximum atomic E-state index is 12.7. The maximum absolute atomic E-state index is 12.7. The number of carbonyl (C=O) groups is 1. The fourth-order valence-corrected chi connectivity index (χ4v) is 3.14. The summed E-state index contributed by atoms with van der Waals surface area (Å²) >= 11 is 5.94. The Balaban J connectivity index is 2.14. The zero-order chi connectivity index (χ0) is 17.7. The Morgan fingerprint density at radius 2 is 1.96 bits per heavy atom. The van der Waals surface area contributed by atoms with Crippen LogP contribution in [0.2, 0.25) is 5.02 Å². The lowest BCUT2D eigenvalue weighted by Crippen LogP contribution is -2.34. The monoisotopic (exact) mass is 354 g/mol. The summed E-state index contributed by atoms with van der Waals surface area (Å²) in [7, 11) is 0. The first-order valence-electron chi connectivity index (χ1n) is 8.48. The number of halogens is 1. The van der Waals surface area contributed by atoms with Crippen molar-refractivity contribution in [3.63, 3.8) is 0 Å². The topological polar surface area (TPSA) is 55.8 Å². The molecule has 1 saturated heterocycles. The number of aliphatic hydroxyl groups is 1. The van der Waals surface area contributed by atoms with Crippen molar-refractivity contribution in [2.24, 2.45) is 11.8 Å². The molecule has 3 atom stereocenters. The molecule has 0 spiro atoms. The highest BCUT2D eigenvalue weighted by Gasteiger charge is 2.35. The summed E-state index contributed by atoms with van der Waals surface area (Å²) in [6.45, 7) is 6.06. The number of aliphatic hydroxyl groups excluding tert-OH is 1. The minimum atomic E-state index is -0.508. The fraction of sp³-hybridized carbons (Fsp3) is 0.632. The molecule has 0 radical (unpaired) electrons. The van der Waals surface area contributed by atoms with E-state index in [2.05, 4.69) is 0 Å². The molecule has 1 aromatic carbocycles. The molecule has 24 heavy (non-hydrogen) atoms. The van der Waals surface area contributed by atoms with E-state index in [-0.39, 0.29) is 30.5 Å². The minimum Gasteiger partial charge on any atom is -0.460 e. The predicted molar refractivity (Wildman–Crippen MR) is 94.0 cm³/mol. The van der Waals surface area contributed by atoms with Crippen LogP contribution < -0.4 is 0 Å². The smallest absolute Gasteiger partial charge is 0.309 e. The number of benzene rings is 1. The van der Waals surface area contributed by atoms with Gasteiger partial charge in [-0.25, -0.2) is 0 Å². The highest BCUT2D eigenvalue weighted by Crippen LogP contribution is 2.30. The zero-order valence-electron chi connectivity index (χ0n) is 14.6. The maximum Gasteiger partial charge on any atom is 0.309 e. The Kier molecular flexibility index (Phi) is 6.67. The summed E-state index contributed by atoms with van der Waals surface area (Å²) in [5, 5.41) is 10.1. The lowest BCUT2D eigenvalue weighted by molar-refractivity contribution is -0.162. The molecule has 0 aliphatic carbocycles. The number of esters is 1. The summed E-state index contributed by atoms with van der Waals surface area (Å²) in [5.41, 5.74) is 0.606. The fourth-order valence-electron chi connectivity index (χ4n) is 3.02. The number of hydrogen-bond acceptors (Lipinski definition) is 4. The van der Waals surface area contributed by atoms with Crippen molar-refractivity contribution >= 4 is 17.6 Å². The summed E-state index contributed by atoms with van der Waals surface area (Å²) in [4.78, 5) is 12.7. The van der Waals surface area contributed by atoms with E-state index in [1.165, 1.54) is 0 Å². The van der Waals surface area contributed by atoms with Gasteiger partial charge in [-0.2, -0.15) is 0 Å². The van der Waals surface area contributed by atoms with Gasteiger partial charge < -0.3 is 14.6 Å². The average molecular weight is 355 g/mol. The van der Waals surface area contributed by atoms with E-state index in [1.54, 1.807) is 0 Å². The molecule has 5 heteroatoms. The van der Waals surface area contributed by atoms with Crippen molar-refractivity contribution in [2.45, 2.75) is 51.7 Å². The molecule has 1 N–H and O–H groups in total. The van der Waals surface area contributed by atoms with Crippen LogP contribution in [-0.2, 0) is 20.7 Å². The summed E-state index contributed by atoms with van der Waals surface area (Å²) in [6, 6.07) is 7.66. The molecule has 1 fully saturated rings. The SMILES string of the molecule is CC(C)(C)OC(=O)C1CC[C@H](CO)OC[C@@H]1Cc1ccc(Cl)cc1. The zero-order valence-corrected chi connectivity index (χ0v) is 15.4. The van der Waals surface area contributed by atoms with Crippen molar-refractivity contribution in [3.05, 3.63) is 34.9 Å². The number of hydrogen-bond donors (Lipinski definition) is 1. The van der Waals surface area contributed by atoms with Gasteiger partial charge in [0.05, 0.1) is 25.2 Å². The predicted octanol–water partition coefficient (Wildman–Crippen LogP) is 3.63. The summed E-state index contributed by atoms with van der Waals surface area (Å²) in [6.07, 6.45) is 1.85. The lowest BCUT2D eigenvalue weighted by Gasteiger charge is -2.27. The van der Waals surface area contributed by atoms with Crippen molar-refractivity contribution < 1.29 is 19.4 Å². The van der Waals surface area contributed by atoms with E-state index < -0.39 is 5.60 Å². The van der Waals surface area contributed by atoms with Gasteiger partial charge >= 0.3 is 5.97 Å². The van der Waals surface area contributed by atoms with Crippen LogP contribution in [0.1, 0.15) is 39.2 Å². The molecule has 4 nitrogen and oxygen atoms in total. The third-order valence-electron chi connectivity index (χ3n) is 4.24. The van der Waals surface area contributed by atoms with Gasteiger partial charge in [-0.05, 0) is 63.6 Å². The second-order valence-electron chi connectivity index (χ2n) is 7.45. The first kappa shape index (κ1) is 19.2. The van der Waals surface area contributed by atoms with Crippen LogP contribution in [0, 0.1) is 11.8 Å². The van der Waals surface area contributed by atoms with Gasteiger partial charge in [0.1, 0.15) is 5.60 Å². The molecular weight excluding hydrogens is 328 g/mol. The highest BCUT2D eigenvalue weighted by atomic mass is 35.5. The third kappa shape index (κ3) is 5.76. The Bertz CT molecular complexity index is 535. The molecule has 1 unspecified atom stereocenters. The Labute approximate surface area is 149 Å². The molecule has 134 valence electrons. The van der Waals surface area contributed by atoms with Gasteiger partial charge in [0.25, 0.3) is 0 Å². The van der Waals surface area contributed by atoms with Gasteiger partial charge in [0.15, 0.2) is 0 Å². The lowest BCUT2D eigenvalue weighted by atomic mass is 9.84. The highest BCUT2D eigenvalue weighted by molar-refractivity contribution is 6.30. The van der Waals surface area contributed by atoms with Gasteiger partial charge in [0, 0.05) is 5.02 Å². The van der Waals surface area contributed by atoms with Crippen LogP contribution in [-0.4, -0.2) is 36.0 Å². The Hall–Kier alpha value is -1.10. The van der Waals surface area contributed by atoms with Crippen molar-refractivity contribution in [3.8, 4) is 0 Å². The second-order valence-corrected chi connectivity index (χ2v) is 7.88. The van der Waals surface area contributed by atoms with E-state index in [4.69, 9.17) is 21.1 Å². The van der Waals surface area contributed by atoms with Crippen molar-refractivity contribution in [1.29, 1.82) is 0 Å². The van der Waals surface area contributed by atoms with E-state index >= 15 is 0 Å². The van der Waals surface area contributed by atoms with Crippen molar-refractivity contribution in [1.82, 2.24) is 0 Å². The van der Waals surface area contributed by atoms with Crippen LogP contribution in [0.25, 0.3) is 0 Å². The van der Waals surface area contributed by atoms with Gasteiger partial charge in [0.2, 0.25) is 0 Å². The Morgan fingerprint density at radius 3 is 2.54 bits per heavy atom. The molecule has 1 aromatic rings. The standard InChI is InChI=1S/C19H27ClO4/c1-19(2,3)24-18(22)17-9-8-16(11-21)23-12-14(17)10-13-4-6-15(20)7-5-13/h4-7,14,16-17,21H,8-12H2,1-3H3/t14-,16+,17?/m0/s1. The van der Waals surface area contributed by atoms with Crippen molar-refractivity contribution in [2.75, 3.05) is 13.2 Å². The normalized spacial score (nSPS) is 25.1. The Morgan fingerprint density at radius 1 is 1.29 bits per heavy atom. The van der Waals surface area contributed by atoms with Crippen LogP contribution >= 0.6 is 11.6 Å². The largest absolute Gasteiger partial charge is 0.460 e. The molecular formula is C19H27ClO4. The van der Waals surface area contributed by atoms with Crippen LogP contribution in [0.4, 0.5) is 0 Å². The van der Waals surface area contributed by atoms with Crippen LogP contribution in [0.15, 0.2) is 24.3 Å².